The zero-order valence-electron chi connectivity index (χ0n) is 11.1. The van der Waals surface area contributed by atoms with Crippen LogP contribution in [0.25, 0.3) is 0 Å². The van der Waals surface area contributed by atoms with E-state index >= 15 is 0 Å². The summed E-state index contributed by atoms with van der Waals surface area (Å²) < 4.78 is 0. The van der Waals surface area contributed by atoms with Crippen LogP contribution in [0.1, 0.15) is 17.3 Å². The number of carbonyl (C=O) groups is 1. The van der Waals surface area contributed by atoms with Crippen molar-refractivity contribution in [3.8, 4) is 5.75 Å². The smallest absolute Gasteiger partial charge is 0.257 e. The highest BCUT2D eigenvalue weighted by Crippen LogP contribution is 2.28. The molecule has 2 aromatic rings. The SMILES string of the molecule is CCSc1ccccc1NC(=O)c1cc(O)ccc1N. The first-order chi connectivity index (χ1) is 9.61. The summed E-state index contributed by atoms with van der Waals surface area (Å²) in [5.41, 5.74) is 7.11. The van der Waals surface area contributed by atoms with Gasteiger partial charge >= 0.3 is 0 Å². The van der Waals surface area contributed by atoms with Gasteiger partial charge < -0.3 is 16.2 Å². The first kappa shape index (κ1) is 14.3. The minimum absolute atomic E-state index is 0.0144. The molecule has 5 heteroatoms. The van der Waals surface area contributed by atoms with Crippen LogP contribution < -0.4 is 11.1 Å². The van der Waals surface area contributed by atoms with Crippen LogP contribution >= 0.6 is 11.8 Å². The highest BCUT2D eigenvalue weighted by Gasteiger charge is 2.12. The Morgan fingerprint density at radius 3 is 2.80 bits per heavy atom. The Kier molecular flexibility index (Phi) is 4.53. The maximum Gasteiger partial charge on any atom is 0.257 e. The topological polar surface area (TPSA) is 75.3 Å². The summed E-state index contributed by atoms with van der Waals surface area (Å²) in [5, 5.41) is 12.3. The molecular weight excluding hydrogens is 272 g/mol. The van der Waals surface area contributed by atoms with Gasteiger partial charge in [-0.2, -0.15) is 0 Å². The average Bonchev–Trinajstić information content (AvgIpc) is 2.44. The molecular formula is C15H16N2O2S. The predicted molar refractivity (Wildman–Crippen MR) is 83.3 cm³/mol. The lowest BCUT2D eigenvalue weighted by Gasteiger charge is -2.11. The van der Waals surface area contributed by atoms with E-state index in [1.165, 1.54) is 18.2 Å². The van der Waals surface area contributed by atoms with Crippen molar-refractivity contribution in [3.63, 3.8) is 0 Å². The monoisotopic (exact) mass is 288 g/mol. The number of aromatic hydroxyl groups is 1. The number of hydrogen-bond acceptors (Lipinski definition) is 4. The molecule has 2 rings (SSSR count). The number of amides is 1. The molecule has 104 valence electrons. The van der Waals surface area contributed by atoms with Crippen LogP contribution in [0.4, 0.5) is 11.4 Å². The fraction of sp³-hybridized carbons (Fsp3) is 0.133. The van der Waals surface area contributed by atoms with Gasteiger partial charge in [-0.3, -0.25) is 4.79 Å². The average molecular weight is 288 g/mol. The summed E-state index contributed by atoms with van der Waals surface area (Å²) in [6, 6.07) is 11.9. The van der Waals surface area contributed by atoms with E-state index in [2.05, 4.69) is 12.2 Å². The van der Waals surface area contributed by atoms with Gasteiger partial charge in [0.2, 0.25) is 0 Å². The summed E-state index contributed by atoms with van der Waals surface area (Å²) in [6.45, 7) is 2.05. The Morgan fingerprint density at radius 1 is 1.30 bits per heavy atom. The largest absolute Gasteiger partial charge is 0.508 e. The van der Waals surface area contributed by atoms with Gasteiger partial charge in [-0.1, -0.05) is 19.1 Å². The third-order valence-electron chi connectivity index (χ3n) is 2.72. The van der Waals surface area contributed by atoms with Crippen molar-refractivity contribution < 1.29 is 9.90 Å². The molecule has 0 aliphatic heterocycles. The molecule has 0 spiro atoms. The molecule has 0 aliphatic rings. The second-order valence-electron chi connectivity index (χ2n) is 4.15. The normalized spacial score (nSPS) is 10.2. The number of rotatable bonds is 4. The number of thioether (sulfide) groups is 1. The van der Waals surface area contributed by atoms with E-state index < -0.39 is 0 Å². The first-order valence-electron chi connectivity index (χ1n) is 6.23. The van der Waals surface area contributed by atoms with Crippen molar-refractivity contribution in [2.24, 2.45) is 0 Å². The van der Waals surface area contributed by atoms with Gasteiger partial charge in [-0.25, -0.2) is 0 Å². The zero-order chi connectivity index (χ0) is 14.5. The van der Waals surface area contributed by atoms with E-state index in [9.17, 15) is 9.90 Å². The van der Waals surface area contributed by atoms with Gasteiger partial charge in [0.15, 0.2) is 0 Å². The molecule has 4 nitrogen and oxygen atoms in total. The van der Waals surface area contributed by atoms with Gasteiger partial charge in [0.1, 0.15) is 5.75 Å². The fourth-order valence-corrected chi connectivity index (χ4v) is 2.54. The number of nitrogen functional groups attached to an aromatic ring is 1. The van der Waals surface area contributed by atoms with Crippen molar-refractivity contribution in [2.75, 3.05) is 16.8 Å². The Bertz CT molecular complexity index is 629. The Hall–Kier alpha value is -2.14. The molecule has 2 aromatic carbocycles. The van der Waals surface area contributed by atoms with Crippen LogP contribution in [0.2, 0.25) is 0 Å². The minimum atomic E-state index is -0.331. The number of nitrogens with two attached hydrogens (primary N) is 1. The van der Waals surface area contributed by atoms with Gasteiger partial charge in [-0.15, -0.1) is 11.8 Å². The molecule has 4 N–H and O–H groups in total. The van der Waals surface area contributed by atoms with Crippen LogP contribution in [-0.2, 0) is 0 Å². The Labute approximate surface area is 122 Å². The molecule has 0 atom stereocenters. The van der Waals surface area contributed by atoms with Crippen LogP contribution in [0.15, 0.2) is 47.4 Å². The fourth-order valence-electron chi connectivity index (χ4n) is 1.78. The van der Waals surface area contributed by atoms with E-state index in [0.29, 0.717) is 5.69 Å². The summed E-state index contributed by atoms with van der Waals surface area (Å²) in [5.74, 6) is 0.601. The lowest BCUT2D eigenvalue weighted by atomic mass is 10.1. The van der Waals surface area contributed by atoms with Gasteiger partial charge in [0, 0.05) is 10.6 Å². The Morgan fingerprint density at radius 2 is 2.05 bits per heavy atom. The van der Waals surface area contributed by atoms with Crippen LogP contribution in [0.3, 0.4) is 0 Å². The van der Waals surface area contributed by atoms with E-state index in [0.717, 1.165) is 16.3 Å². The number of nitrogens with one attached hydrogen (secondary N) is 1. The van der Waals surface area contributed by atoms with E-state index in [4.69, 9.17) is 5.73 Å². The second kappa shape index (κ2) is 6.34. The number of phenolic OH excluding ortho intramolecular Hbond substituents is 1. The van der Waals surface area contributed by atoms with Crippen molar-refractivity contribution in [1.29, 1.82) is 0 Å². The highest BCUT2D eigenvalue weighted by molar-refractivity contribution is 7.99. The van der Waals surface area contributed by atoms with Crippen LogP contribution in [-0.4, -0.2) is 16.8 Å². The standard InChI is InChI=1S/C15H16N2O2S/c1-2-20-14-6-4-3-5-13(14)17-15(19)11-9-10(18)7-8-12(11)16/h3-9,18H,2,16H2,1H3,(H,17,19). The van der Waals surface area contributed by atoms with Crippen LogP contribution in [0, 0.1) is 0 Å². The molecule has 0 saturated carbocycles. The van der Waals surface area contributed by atoms with Crippen molar-refractivity contribution in [2.45, 2.75) is 11.8 Å². The number of phenols is 1. The third kappa shape index (κ3) is 3.24. The first-order valence-corrected chi connectivity index (χ1v) is 7.22. The minimum Gasteiger partial charge on any atom is -0.508 e. The van der Waals surface area contributed by atoms with Crippen molar-refractivity contribution in [1.82, 2.24) is 0 Å². The van der Waals surface area contributed by atoms with Crippen molar-refractivity contribution >= 4 is 29.0 Å². The highest BCUT2D eigenvalue weighted by atomic mass is 32.2. The third-order valence-corrected chi connectivity index (χ3v) is 3.67. The molecule has 1 amide bonds. The van der Waals surface area contributed by atoms with E-state index in [-0.39, 0.29) is 17.2 Å². The number of para-hydroxylation sites is 1. The molecule has 0 bridgehead atoms. The Balaban J connectivity index is 2.26. The van der Waals surface area contributed by atoms with Gasteiger partial charge in [-0.05, 0) is 36.1 Å². The molecule has 0 radical (unpaired) electrons. The molecule has 0 saturated heterocycles. The van der Waals surface area contributed by atoms with Gasteiger partial charge in [0.25, 0.3) is 5.91 Å². The molecule has 0 fully saturated rings. The molecule has 20 heavy (non-hydrogen) atoms. The number of benzene rings is 2. The number of carbonyl (C=O) groups excluding carboxylic acids is 1. The summed E-state index contributed by atoms with van der Waals surface area (Å²) in [7, 11) is 0. The quantitative estimate of drug-likeness (QED) is 0.458. The maximum absolute atomic E-state index is 12.2. The molecule has 0 aromatic heterocycles. The van der Waals surface area contributed by atoms with Crippen molar-refractivity contribution in [3.05, 3.63) is 48.0 Å². The zero-order valence-corrected chi connectivity index (χ0v) is 11.9. The molecule has 0 unspecified atom stereocenters. The lowest BCUT2D eigenvalue weighted by molar-refractivity contribution is 0.102. The second-order valence-corrected chi connectivity index (χ2v) is 5.46. The predicted octanol–water partition coefficient (Wildman–Crippen LogP) is 3.34. The van der Waals surface area contributed by atoms with E-state index in [1.807, 2.05) is 24.3 Å². The number of hydrogen-bond donors (Lipinski definition) is 3. The number of anilines is 2. The summed E-state index contributed by atoms with van der Waals surface area (Å²) in [4.78, 5) is 13.2. The molecule has 0 aliphatic carbocycles. The van der Waals surface area contributed by atoms with Gasteiger partial charge in [0.05, 0.1) is 11.3 Å². The maximum atomic E-state index is 12.2. The summed E-state index contributed by atoms with van der Waals surface area (Å²) >= 11 is 1.65. The van der Waals surface area contributed by atoms with Crippen LogP contribution in [0.5, 0.6) is 5.75 Å². The molecule has 0 heterocycles. The van der Waals surface area contributed by atoms with E-state index in [1.54, 1.807) is 11.8 Å². The lowest BCUT2D eigenvalue weighted by Crippen LogP contribution is -2.14. The summed E-state index contributed by atoms with van der Waals surface area (Å²) in [6.07, 6.45) is 0.